The largest absolute Gasteiger partial charge is 0.396 e. The second-order valence-corrected chi connectivity index (χ2v) is 5.38. The number of hydrogen-bond acceptors (Lipinski definition) is 2. The smallest absolute Gasteiger partial charge is 0.123 e. The van der Waals surface area contributed by atoms with Crippen LogP contribution in [-0.4, -0.2) is 18.3 Å². The molecule has 4 heteroatoms. The number of hydrogen-bond donors (Lipinski definition) is 2. The lowest BCUT2D eigenvalue weighted by Gasteiger charge is -2.24. The van der Waals surface area contributed by atoms with Gasteiger partial charge in [-0.05, 0) is 35.6 Å². The molecule has 0 aliphatic carbocycles. The molecule has 17 heavy (non-hydrogen) atoms. The zero-order valence-corrected chi connectivity index (χ0v) is 11.0. The molecular weight excluding hydrogens is 241 g/mol. The fourth-order valence-corrected chi connectivity index (χ4v) is 1.79. The summed E-state index contributed by atoms with van der Waals surface area (Å²) >= 11 is 5.96. The molecule has 2 N–H and O–H groups in total. The Bertz CT molecular complexity index is 368. The molecule has 0 bridgehead atoms. The Kier molecular flexibility index (Phi) is 5.37. The van der Waals surface area contributed by atoms with E-state index in [1.165, 1.54) is 12.1 Å². The van der Waals surface area contributed by atoms with Crippen LogP contribution >= 0.6 is 11.6 Å². The first-order chi connectivity index (χ1) is 7.94. The van der Waals surface area contributed by atoms with Crippen molar-refractivity contribution >= 4 is 11.6 Å². The summed E-state index contributed by atoms with van der Waals surface area (Å²) in [6.45, 7) is 5.61. The molecule has 1 aromatic rings. The predicted molar refractivity (Wildman–Crippen MR) is 68.6 cm³/mol. The van der Waals surface area contributed by atoms with Gasteiger partial charge >= 0.3 is 0 Å². The van der Waals surface area contributed by atoms with Gasteiger partial charge in [0.2, 0.25) is 0 Å². The SMILES string of the molecule is CC(C)(CCO)CNCc1cc(F)ccc1Cl. The maximum absolute atomic E-state index is 13.0. The number of aliphatic hydroxyl groups is 1. The molecule has 0 unspecified atom stereocenters. The molecule has 0 fully saturated rings. The van der Waals surface area contributed by atoms with Crippen molar-refractivity contribution in [2.75, 3.05) is 13.2 Å². The van der Waals surface area contributed by atoms with Crippen LogP contribution in [0, 0.1) is 11.2 Å². The molecule has 0 aliphatic rings. The van der Waals surface area contributed by atoms with E-state index in [1.54, 1.807) is 6.07 Å². The molecule has 0 saturated carbocycles. The van der Waals surface area contributed by atoms with E-state index in [2.05, 4.69) is 19.2 Å². The van der Waals surface area contributed by atoms with Crippen molar-refractivity contribution in [1.29, 1.82) is 0 Å². The highest BCUT2D eigenvalue weighted by Gasteiger charge is 2.16. The quantitative estimate of drug-likeness (QED) is 0.823. The van der Waals surface area contributed by atoms with E-state index in [0.717, 1.165) is 18.5 Å². The summed E-state index contributed by atoms with van der Waals surface area (Å²) in [7, 11) is 0. The number of halogens is 2. The maximum atomic E-state index is 13.0. The van der Waals surface area contributed by atoms with Crippen molar-refractivity contribution in [3.63, 3.8) is 0 Å². The number of benzene rings is 1. The van der Waals surface area contributed by atoms with Gasteiger partial charge in [-0.1, -0.05) is 25.4 Å². The van der Waals surface area contributed by atoms with Crippen LogP contribution in [0.25, 0.3) is 0 Å². The van der Waals surface area contributed by atoms with E-state index in [-0.39, 0.29) is 17.8 Å². The Labute approximate surface area is 107 Å². The van der Waals surface area contributed by atoms with Crippen molar-refractivity contribution in [1.82, 2.24) is 5.32 Å². The van der Waals surface area contributed by atoms with Gasteiger partial charge in [0.05, 0.1) is 0 Å². The van der Waals surface area contributed by atoms with Crippen molar-refractivity contribution in [2.45, 2.75) is 26.8 Å². The third-order valence-electron chi connectivity index (χ3n) is 2.72. The molecule has 1 aromatic carbocycles. The highest BCUT2D eigenvalue weighted by atomic mass is 35.5. The van der Waals surface area contributed by atoms with Crippen LogP contribution < -0.4 is 5.32 Å². The number of nitrogens with one attached hydrogen (secondary N) is 1. The van der Waals surface area contributed by atoms with E-state index in [0.29, 0.717) is 11.6 Å². The average Bonchev–Trinajstić information content (AvgIpc) is 2.23. The van der Waals surface area contributed by atoms with Crippen LogP contribution in [-0.2, 0) is 6.54 Å². The van der Waals surface area contributed by atoms with E-state index >= 15 is 0 Å². The van der Waals surface area contributed by atoms with Crippen LogP contribution in [0.4, 0.5) is 4.39 Å². The van der Waals surface area contributed by atoms with Gasteiger partial charge in [0.1, 0.15) is 5.82 Å². The minimum atomic E-state index is -0.277. The lowest BCUT2D eigenvalue weighted by Crippen LogP contribution is -2.30. The van der Waals surface area contributed by atoms with Gasteiger partial charge in [0.25, 0.3) is 0 Å². The van der Waals surface area contributed by atoms with Crippen LogP contribution in [0.15, 0.2) is 18.2 Å². The van der Waals surface area contributed by atoms with Crippen LogP contribution in [0.2, 0.25) is 5.02 Å². The molecule has 0 atom stereocenters. The molecule has 0 heterocycles. The summed E-state index contributed by atoms with van der Waals surface area (Å²) in [5.41, 5.74) is 0.778. The van der Waals surface area contributed by atoms with Crippen LogP contribution in [0.1, 0.15) is 25.8 Å². The van der Waals surface area contributed by atoms with Crippen LogP contribution in [0.5, 0.6) is 0 Å². The van der Waals surface area contributed by atoms with Gasteiger partial charge in [-0.2, -0.15) is 0 Å². The lowest BCUT2D eigenvalue weighted by molar-refractivity contribution is 0.207. The molecule has 0 spiro atoms. The summed E-state index contributed by atoms with van der Waals surface area (Å²) in [5, 5.41) is 12.7. The molecule has 0 aromatic heterocycles. The Balaban J connectivity index is 2.48. The number of aliphatic hydroxyl groups excluding tert-OH is 1. The zero-order valence-electron chi connectivity index (χ0n) is 10.3. The first-order valence-corrected chi connectivity index (χ1v) is 6.08. The molecule has 0 radical (unpaired) electrons. The molecule has 0 amide bonds. The van der Waals surface area contributed by atoms with E-state index in [1.807, 2.05) is 0 Å². The Morgan fingerprint density at radius 3 is 2.76 bits per heavy atom. The Morgan fingerprint density at radius 2 is 2.12 bits per heavy atom. The Morgan fingerprint density at radius 1 is 1.41 bits per heavy atom. The number of rotatable bonds is 6. The standard InChI is InChI=1S/C13H19ClFNO/c1-13(2,5-6-17)9-16-8-10-7-11(15)3-4-12(10)14/h3-4,7,16-17H,5-6,8-9H2,1-2H3. The molecule has 0 aliphatic heterocycles. The summed E-state index contributed by atoms with van der Waals surface area (Å²) in [6.07, 6.45) is 0.733. The second kappa shape index (κ2) is 6.34. The third kappa shape index (κ3) is 5.02. The first-order valence-electron chi connectivity index (χ1n) is 5.70. The fraction of sp³-hybridized carbons (Fsp3) is 0.538. The highest BCUT2D eigenvalue weighted by Crippen LogP contribution is 2.20. The molecule has 1 rings (SSSR count). The molecule has 0 saturated heterocycles. The van der Waals surface area contributed by atoms with Crippen molar-refractivity contribution < 1.29 is 9.50 Å². The zero-order chi connectivity index (χ0) is 12.9. The second-order valence-electron chi connectivity index (χ2n) is 4.98. The lowest BCUT2D eigenvalue weighted by atomic mass is 9.90. The van der Waals surface area contributed by atoms with E-state index < -0.39 is 0 Å². The summed E-state index contributed by atoms with van der Waals surface area (Å²) in [4.78, 5) is 0. The Hall–Kier alpha value is -0.640. The topological polar surface area (TPSA) is 32.3 Å². The van der Waals surface area contributed by atoms with Gasteiger partial charge in [0.15, 0.2) is 0 Å². The molecule has 96 valence electrons. The minimum Gasteiger partial charge on any atom is -0.396 e. The van der Waals surface area contributed by atoms with Crippen LogP contribution in [0.3, 0.4) is 0 Å². The summed E-state index contributed by atoms with van der Waals surface area (Å²) in [6, 6.07) is 4.35. The monoisotopic (exact) mass is 259 g/mol. The fourth-order valence-electron chi connectivity index (χ4n) is 1.61. The van der Waals surface area contributed by atoms with Gasteiger partial charge in [-0.3, -0.25) is 0 Å². The van der Waals surface area contributed by atoms with Gasteiger partial charge in [-0.25, -0.2) is 4.39 Å². The van der Waals surface area contributed by atoms with Crippen molar-refractivity contribution in [3.8, 4) is 0 Å². The molecule has 2 nitrogen and oxygen atoms in total. The summed E-state index contributed by atoms with van der Waals surface area (Å²) in [5.74, 6) is -0.277. The van der Waals surface area contributed by atoms with E-state index in [9.17, 15) is 4.39 Å². The van der Waals surface area contributed by atoms with Crippen molar-refractivity contribution in [2.24, 2.45) is 5.41 Å². The third-order valence-corrected chi connectivity index (χ3v) is 3.08. The summed E-state index contributed by atoms with van der Waals surface area (Å²) < 4.78 is 13.0. The van der Waals surface area contributed by atoms with E-state index in [4.69, 9.17) is 16.7 Å². The highest BCUT2D eigenvalue weighted by molar-refractivity contribution is 6.31. The van der Waals surface area contributed by atoms with Gasteiger partial charge in [-0.15, -0.1) is 0 Å². The van der Waals surface area contributed by atoms with Gasteiger partial charge < -0.3 is 10.4 Å². The minimum absolute atomic E-state index is 0.0224. The first kappa shape index (κ1) is 14.4. The molecular formula is C13H19ClFNO. The van der Waals surface area contributed by atoms with Gasteiger partial charge in [0, 0.05) is 24.7 Å². The maximum Gasteiger partial charge on any atom is 0.123 e. The normalized spacial score (nSPS) is 11.8. The van der Waals surface area contributed by atoms with Crippen molar-refractivity contribution in [3.05, 3.63) is 34.6 Å². The average molecular weight is 260 g/mol. The predicted octanol–water partition coefficient (Wildman–Crippen LogP) is 2.98.